The Morgan fingerprint density at radius 3 is 2.50 bits per heavy atom. The second-order valence-corrected chi connectivity index (χ2v) is 19.3. The van der Waals surface area contributed by atoms with Gasteiger partial charge in [0.05, 0.1) is 29.0 Å². The molecule has 1 saturated heterocycles. The monoisotopic (exact) mass is 776 g/mol. The van der Waals surface area contributed by atoms with Crippen molar-refractivity contribution in [2.24, 2.45) is 0 Å². The van der Waals surface area contributed by atoms with E-state index in [0.717, 1.165) is 10.5 Å². The summed E-state index contributed by atoms with van der Waals surface area (Å²) in [7, 11) is -3.55. The third kappa shape index (κ3) is 11.5. The van der Waals surface area contributed by atoms with E-state index in [-0.39, 0.29) is 30.5 Å². The molecule has 16 heteroatoms. The maximum Gasteiger partial charge on any atom is 0.330 e. The number of ether oxygens (including phenoxy) is 1. The van der Waals surface area contributed by atoms with Crippen LogP contribution >= 0.6 is 59.4 Å². The van der Waals surface area contributed by atoms with Crippen molar-refractivity contribution in [1.29, 1.82) is 0 Å². The van der Waals surface area contributed by atoms with Crippen LogP contribution in [-0.2, 0) is 38.4 Å². The van der Waals surface area contributed by atoms with Gasteiger partial charge in [0, 0.05) is 35.6 Å². The molecule has 0 spiro atoms. The SMILES string of the molecule is CC(C)OP(C)(=O)OC1C[C@H](n2cc(I)c(=O)[nH]c2=O)O[C@@H]1COP(C)(=O)OCCc1ccccc1SSC(C)(C)C. The molecule has 3 unspecified atom stereocenters. The summed E-state index contributed by atoms with van der Waals surface area (Å²) in [5, 5.41) is 0. The number of aromatic nitrogens is 2. The van der Waals surface area contributed by atoms with Gasteiger partial charge in [0.25, 0.3) is 5.56 Å². The summed E-state index contributed by atoms with van der Waals surface area (Å²) < 4.78 is 56.6. The summed E-state index contributed by atoms with van der Waals surface area (Å²) in [6.45, 7) is 12.7. The maximum absolute atomic E-state index is 13.2. The Morgan fingerprint density at radius 2 is 1.83 bits per heavy atom. The normalized spacial score (nSPS) is 22.3. The van der Waals surface area contributed by atoms with Crippen molar-refractivity contribution in [3.8, 4) is 0 Å². The molecule has 1 aliphatic rings. The van der Waals surface area contributed by atoms with Gasteiger partial charge in [-0.25, -0.2) is 4.79 Å². The van der Waals surface area contributed by atoms with E-state index in [1.54, 1.807) is 35.4 Å². The number of nitrogens with zero attached hydrogens (tertiary/aromatic N) is 1. The van der Waals surface area contributed by atoms with Gasteiger partial charge in [-0.15, -0.1) is 0 Å². The summed E-state index contributed by atoms with van der Waals surface area (Å²) in [6.07, 6.45) is -0.820. The first-order valence-corrected chi connectivity index (χ1v) is 20.6. The Balaban J connectivity index is 1.66. The molecular weight excluding hydrogens is 737 g/mol. The number of hydrogen-bond acceptors (Lipinski definition) is 11. The smallest absolute Gasteiger partial charge is 0.330 e. The largest absolute Gasteiger partial charge is 0.349 e. The highest BCUT2D eigenvalue weighted by Crippen LogP contribution is 2.51. The number of hydrogen-bond donors (Lipinski definition) is 1. The van der Waals surface area contributed by atoms with Gasteiger partial charge in [-0.1, -0.05) is 60.6 Å². The molecule has 0 bridgehead atoms. The highest BCUT2D eigenvalue weighted by atomic mass is 127. The number of benzene rings is 1. The van der Waals surface area contributed by atoms with Crippen LogP contribution in [0.4, 0.5) is 0 Å². The lowest BCUT2D eigenvalue weighted by Crippen LogP contribution is -2.33. The first-order valence-electron chi connectivity index (χ1n) is 13.4. The molecule has 11 nitrogen and oxygen atoms in total. The van der Waals surface area contributed by atoms with E-state index in [0.29, 0.717) is 9.99 Å². The number of H-pyrrole nitrogens is 1. The van der Waals surface area contributed by atoms with E-state index in [9.17, 15) is 18.7 Å². The molecule has 2 aromatic rings. The van der Waals surface area contributed by atoms with Crippen LogP contribution < -0.4 is 11.2 Å². The summed E-state index contributed by atoms with van der Waals surface area (Å²) in [5.41, 5.74) is -0.0867. The van der Waals surface area contributed by atoms with Gasteiger partial charge in [-0.3, -0.25) is 23.5 Å². The zero-order chi connectivity index (χ0) is 31.3. The minimum atomic E-state index is -3.52. The molecule has 1 aromatic heterocycles. The van der Waals surface area contributed by atoms with Gasteiger partial charge in [0.2, 0.25) is 0 Å². The van der Waals surface area contributed by atoms with Gasteiger partial charge in [0.15, 0.2) is 0 Å². The highest BCUT2D eigenvalue weighted by Gasteiger charge is 2.42. The van der Waals surface area contributed by atoms with E-state index in [4.69, 9.17) is 22.8 Å². The molecule has 0 amide bonds. The van der Waals surface area contributed by atoms with Crippen molar-refractivity contribution < 1.29 is 32.0 Å². The predicted octanol–water partition coefficient (Wildman–Crippen LogP) is 6.70. The summed E-state index contributed by atoms with van der Waals surface area (Å²) >= 11 is 1.82. The van der Waals surface area contributed by atoms with Gasteiger partial charge in [0.1, 0.15) is 12.3 Å². The van der Waals surface area contributed by atoms with Crippen LogP contribution in [0, 0.1) is 3.57 Å². The van der Waals surface area contributed by atoms with Crippen LogP contribution in [0.2, 0.25) is 0 Å². The Morgan fingerprint density at radius 1 is 1.14 bits per heavy atom. The Labute approximate surface area is 268 Å². The molecule has 42 heavy (non-hydrogen) atoms. The minimum Gasteiger partial charge on any atom is -0.349 e. The van der Waals surface area contributed by atoms with Crippen molar-refractivity contribution >= 4 is 59.4 Å². The maximum atomic E-state index is 13.2. The zero-order valence-electron chi connectivity index (χ0n) is 24.7. The molecule has 5 atom stereocenters. The summed E-state index contributed by atoms with van der Waals surface area (Å²) in [6, 6.07) is 8.02. The van der Waals surface area contributed by atoms with Crippen LogP contribution in [0.25, 0.3) is 0 Å². The Bertz CT molecular complexity index is 1430. The van der Waals surface area contributed by atoms with Crippen molar-refractivity contribution in [1.82, 2.24) is 9.55 Å². The van der Waals surface area contributed by atoms with Gasteiger partial charge in [-0.05, 0) is 54.5 Å². The molecule has 236 valence electrons. The highest BCUT2D eigenvalue weighted by molar-refractivity contribution is 14.1. The van der Waals surface area contributed by atoms with E-state index in [1.165, 1.54) is 24.1 Å². The number of aromatic amines is 1. The van der Waals surface area contributed by atoms with Crippen molar-refractivity contribution in [2.75, 3.05) is 26.5 Å². The zero-order valence-corrected chi connectivity index (χ0v) is 30.3. The second-order valence-electron chi connectivity index (χ2n) is 11.1. The van der Waals surface area contributed by atoms with E-state index < -0.39 is 44.9 Å². The molecule has 2 heterocycles. The average molecular weight is 777 g/mol. The lowest BCUT2D eigenvalue weighted by molar-refractivity contribution is -0.0413. The van der Waals surface area contributed by atoms with Crippen LogP contribution in [0.3, 0.4) is 0 Å². The average Bonchev–Trinajstić information content (AvgIpc) is 3.24. The van der Waals surface area contributed by atoms with Gasteiger partial charge >= 0.3 is 20.9 Å². The first-order chi connectivity index (χ1) is 19.4. The molecule has 1 aliphatic heterocycles. The first kappa shape index (κ1) is 36.1. The van der Waals surface area contributed by atoms with Crippen molar-refractivity contribution in [2.45, 2.75) is 81.6 Å². The molecule has 1 N–H and O–H groups in total. The number of rotatable bonds is 14. The number of halogens is 1. The molecule has 3 rings (SSSR count). The van der Waals surface area contributed by atoms with Crippen LogP contribution in [0.1, 0.15) is 52.8 Å². The minimum absolute atomic E-state index is 0.0977. The Kier molecular flexibility index (Phi) is 13.1. The van der Waals surface area contributed by atoms with E-state index >= 15 is 0 Å². The Hall–Kier alpha value is -0.410. The number of nitrogens with one attached hydrogen (secondary N) is 1. The third-order valence-electron chi connectivity index (χ3n) is 5.67. The topological polar surface area (TPSA) is 135 Å². The molecule has 0 saturated carbocycles. The van der Waals surface area contributed by atoms with Crippen LogP contribution in [-0.4, -0.2) is 59.2 Å². The molecule has 1 aromatic carbocycles. The van der Waals surface area contributed by atoms with Crippen molar-refractivity contribution in [3.63, 3.8) is 0 Å². The van der Waals surface area contributed by atoms with E-state index in [1.807, 2.05) is 40.8 Å². The fourth-order valence-corrected chi connectivity index (χ4v) is 9.13. The lowest BCUT2D eigenvalue weighted by atomic mass is 10.2. The molecule has 0 radical (unpaired) electrons. The van der Waals surface area contributed by atoms with Gasteiger partial charge in [-0.2, -0.15) is 0 Å². The second kappa shape index (κ2) is 15.2. The quantitative estimate of drug-likeness (QED) is 0.125. The molecular formula is C26H39IN2O9P2S2. The standard InChI is InChI=1S/C26H39IN2O9P2S2/c1-17(2)37-40(7,33)38-20-14-23(29-15-19(27)24(30)28-25(29)31)36-21(20)16-35-39(6,32)34-13-12-18-10-8-9-11-22(18)41-42-26(3,4)5/h8-11,15,17,20-21,23H,12-14,16H2,1-7H3,(H,28,30,31)/t20?,21-,23-,39?,40?/m1/s1. The molecule has 1 fully saturated rings. The van der Waals surface area contributed by atoms with E-state index in [2.05, 4.69) is 31.8 Å². The van der Waals surface area contributed by atoms with Crippen LogP contribution in [0.15, 0.2) is 44.9 Å². The third-order valence-corrected chi connectivity index (χ3v) is 12.6. The summed E-state index contributed by atoms with van der Waals surface area (Å²) in [4.78, 5) is 27.7. The molecule has 0 aliphatic carbocycles. The van der Waals surface area contributed by atoms with Crippen LogP contribution in [0.5, 0.6) is 0 Å². The van der Waals surface area contributed by atoms with Gasteiger partial charge < -0.3 is 22.8 Å². The fraction of sp³-hybridized carbons (Fsp3) is 0.615. The van der Waals surface area contributed by atoms with Crippen molar-refractivity contribution in [3.05, 3.63) is 60.4 Å². The predicted molar refractivity (Wildman–Crippen MR) is 176 cm³/mol. The lowest BCUT2D eigenvalue weighted by Gasteiger charge is -2.24. The summed E-state index contributed by atoms with van der Waals surface area (Å²) in [5.74, 6) is 0. The fourth-order valence-electron chi connectivity index (χ4n) is 3.99.